The molecular weight excluding hydrogens is 840 g/mol. The van der Waals surface area contributed by atoms with Gasteiger partial charge in [0.05, 0.1) is 29.7 Å². The van der Waals surface area contributed by atoms with Crippen LogP contribution in [0.4, 0.5) is 5.69 Å². The Morgan fingerprint density at radius 1 is 0.968 bits per heavy atom. The number of aliphatic hydroxyl groups is 2. The molecule has 0 aliphatic heterocycles. The van der Waals surface area contributed by atoms with E-state index in [9.17, 15) is 33.0 Å². The molecule has 0 spiro atoms. The van der Waals surface area contributed by atoms with E-state index in [2.05, 4.69) is 30.0 Å². The summed E-state index contributed by atoms with van der Waals surface area (Å²) in [5, 5.41) is 29.2. The number of ether oxygens (including phenoxy) is 2. The number of carbonyl (C=O) groups excluding carboxylic acids is 3. The first kappa shape index (κ1) is 43.9. The number of rotatable bonds is 17. The molecule has 2 aliphatic carbocycles. The van der Waals surface area contributed by atoms with Crippen LogP contribution in [0.1, 0.15) is 59.5 Å². The standard InChI is InChI=1S/C43H43ClN8O9S/c44-31-14-10-27(11-15-31)33-21-30(33)25-60-43(42(57)50-62(58,59)20-5-4-18-47-41(56)29-12-16-32(17-13-29)49-51-45)23-36(53)39(55)37(24-43)61-38(54)22-35(28-7-2-1-3-8-28)52-26-48-40-34(52)9-6-19-46-40/h1-3,6-17,19,22,26,30,33,36-37,39,53,55H,4-5,18,20-21,23-25H2,(H,47,56)(H,50,57)/b35-22+/t30-,33+,36+,37+,39+,43-/m0/s1. The van der Waals surface area contributed by atoms with Gasteiger partial charge in [0.15, 0.2) is 11.2 Å². The van der Waals surface area contributed by atoms with Crippen LogP contribution in [0.5, 0.6) is 0 Å². The molecule has 0 bridgehead atoms. The summed E-state index contributed by atoms with van der Waals surface area (Å²) in [7, 11) is -4.29. The van der Waals surface area contributed by atoms with Crippen LogP contribution in [-0.2, 0) is 29.1 Å². The SMILES string of the molecule is [N-]=[N+]=Nc1ccc(C(=O)NCCCCS(=O)(=O)NC(=O)[C@]2(OC[C@@H]3C[C@@H]3c3ccc(Cl)cc3)C[C@@H](O)[C@@H](O)[C@H](OC(=O)/C=C(\c3ccccc3)n3cnc4ncccc43)C2)cc1. The van der Waals surface area contributed by atoms with Crippen LogP contribution in [0.25, 0.3) is 27.3 Å². The Morgan fingerprint density at radius 2 is 1.73 bits per heavy atom. The van der Waals surface area contributed by atoms with E-state index in [1.807, 2.05) is 18.2 Å². The third kappa shape index (κ3) is 10.7. The molecule has 0 saturated heterocycles. The third-order valence-electron chi connectivity index (χ3n) is 10.9. The van der Waals surface area contributed by atoms with Crippen LogP contribution in [0.15, 0.2) is 115 Å². The number of hydrogen-bond donors (Lipinski definition) is 4. The van der Waals surface area contributed by atoms with E-state index in [0.717, 1.165) is 5.56 Å². The number of carbonyl (C=O) groups is 3. The maximum atomic E-state index is 14.2. The van der Waals surface area contributed by atoms with Crippen molar-refractivity contribution in [2.75, 3.05) is 18.9 Å². The fourth-order valence-electron chi connectivity index (χ4n) is 7.51. The lowest BCUT2D eigenvalue weighted by molar-refractivity contribution is -0.197. The number of benzene rings is 3. The van der Waals surface area contributed by atoms with Crippen molar-refractivity contribution in [1.29, 1.82) is 0 Å². The van der Waals surface area contributed by atoms with Gasteiger partial charge in [-0.1, -0.05) is 71.3 Å². The Morgan fingerprint density at radius 3 is 2.47 bits per heavy atom. The van der Waals surface area contributed by atoms with Gasteiger partial charge in [0.25, 0.3) is 11.8 Å². The number of unbranched alkanes of at least 4 members (excludes halogenated alkanes) is 1. The van der Waals surface area contributed by atoms with Crippen LogP contribution in [0, 0.1) is 5.92 Å². The quantitative estimate of drug-likeness (QED) is 0.0225. The number of nitrogens with zero attached hydrogens (tertiary/aromatic N) is 6. The first-order valence-corrected chi connectivity index (χ1v) is 21.9. The summed E-state index contributed by atoms with van der Waals surface area (Å²) in [6.45, 7) is 0.132. The van der Waals surface area contributed by atoms with Gasteiger partial charge in [-0.2, -0.15) is 0 Å². The van der Waals surface area contributed by atoms with E-state index in [-0.39, 0.29) is 37.8 Å². The molecule has 6 atom stereocenters. The summed E-state index contributed by atoms with van der Waals surface area (Å²) in [6, 6.07) is 25.8. The van der Waals surface area contributed by atoms with Gasteiger partial charge >= 0.3 is 5.97 Å². The first-order valence-electron chi connectivity index (χ1n) is 19.8. The number of azide groups is 1. The number of sulfonamides is 1. The third-order valence-corrected chi connectivity index (χ3v) is 12.5. The van der Waals surface area contributed by atoms with Crippen molar-refractivity contribution in [2.45, 2.75) is 61.9 Å². The Labute approximate surface area is 361 Å². The van der Waals surface area contributed by atoms with Crippen molar-refractivity contribution in [1.82, 2.24) is 24.6 Å². The van der Waals surface area contributed by atoms with Crippen molar-refractivity contribution in [3.05, 3.63) is 142 Å². The lowest BCUT2D eigenvalue weighted by atomic mass is 9.78. The number of imidazole rings is 1. The number of aliphatic hydroxyl groups excluding tert-OH is 2. The molecule has 3 aromatic carbocycles. The second-order valence-corrected chi connectivity index (χ2v) is 17.5. The lowest BCUT2D eigenvalue weighted by Crippen LogP contribution is -2.61. The first-order chi connectivity index (χ1) is 29.8. The van der Waals surface area contributed by atoms with Crippen molar-refractivity contribution < 1.29 is 42.5 Å². The number of nitrogens with one attached hydrogen (secondary N) is 2. The Bertz CT molecular complexity index is 2600. The summed E-state index contributed by atoms with van der Waals surface area (Å²) in [5.41, 5.74) is 10.2. The maximum Gasteiger partial charge on any atom is 0.333 e. The van der Waals surface area contributed by atoms with Gasteiger partial charge < -0.3 is 25.0 Å². The zero-order valence-corrected chi connectivity index (χ0v) is 34.7. The zero-order chi connectivity index (χ0) is 43.9. The predicted octanol–water partition coefficient (Wildman–Crippen LogP) is 5.56. The predicted molar refractivity (Wildman–Crippen MR) is 228 cm³/mol. The fraction of sp³-hybridized carbons (Fsp3) is 0.326. The highest BCUT2D eigenvalue weighted by Gasteiger charge is 2.54. The summed E-state index contributed by atoms with van der Waals surface area (Å²) in [5.74, 6) is -2.87. The van der Waals surface area contributed by atoms with Crippen molar-refractivity contribution in [3.63, 3.8) is 0 Å². The number of aromatic nitrogens is 3. The van der Waals surface area contributed by atoms with E-state index < -0.39 is 70.3 Å². The molecular formula is C43H43ClN8O9S. The van der Waals surface area contributed by atoms with Gasteiger partial charge in [-0.05, 0) is 84.2 Å². The van der Waals surface area contributed by atoms with Gasteiger partial charge in [-0.15, -0.1) is 0 Å². The van der Waals surface area contributed by atoms with Gasteiger partial charge in [-0.3, -0.25) is 18.9 Å². The van der Waals surface area contributed by atoms with E-state index in [0.29, 0.717) is 45.1 Å². The lowest BCUT2D eigenvalue weighted by Gasteiger charge is -2.43. The Hall–Kier alpha value is -6.14. The molecule has 4 N–H and O–H groups in total. The summed E-state index contributed by atoms with van der Waals surface area (Å²) >= 11 is 6.08. The van der Waals surface area contributed by atoms with Crippen molar-refractivity contribution in [2.24, 2.45) is 11.0 Å². The molecule has 2 saturated carbocycles. The molecule has 0 radical (unpaired) electrons. The molecule has 0 unspecified atom stereocenters. The van der Waals surface area contributed by atoms with Gasteiger partial charge in [0, 0.05) is 52.8 Å². The Kier molecular flexibility index (Phi) is 13.7. The second-order valence-electron chi connectivity index (χ2n) is 15.2. The van der Waals surface area contributed by atoms with Crippen LogP contribution >= 0.6 is 11.6 Å². The minimum Gasteiger partial charge on any atom is -0.456 e. The molecule has 322 valence electrons. The minimum absolute atomic E-state index is 0.00198. The highest BCUT2D eigenvalue weighted by molar-refractivity contribution is 7.90. The topological polar surface area (TPSA) is 248 Å². The summed E-state index contributed by atoms with van der Waals surface area (Å²) < 4.78 is 42.6. The number of fused-ring (bicyclic) bond motifs is 1. The average molecular weight is 883 g/mol. The smallest absolute Gasteiger partial charge is 0.333 e. The molecule has 5 aromatic rings. The molecule has 17 nitrogen and oxygen atoms in total. The molecule has 2 aromatic heterocycles. The second kappa shape index (κ2) is 19.3. The molecule has 2 aliphatic rings. The van der Waals surface area contributed by atoms with E-state index in [4.69, 9.17) is 26.6 Å². The average Bonchev–Trinajstić information content (AvgIpc) is 3.92. The van der Waals surface area contributed by atoms with Crippen LogP contribution in [-0.4, -0.2) is 93.8 Å². The summed E-state index contributed by atoms with van der Waals surface area (Å²) in [6.07, 6.45) is -0.428. The van der Waals surface area contributed by atoms with Crippen molar-refractivity contribution in [3.8, 4) is 0 Å². The highest BCUT2D eigenvalue weighted by atomic mass is 35.5. The molecule has 19 heteroatoms. The van der Waals surface area contributed by atoms with Crippen molar-refractivity contribution >= 4 is 62.0 Å². The summed E-state index contributed by atoms with van der Waals surface area (Å²) in [4.78, 5) is 51.8. The monoisotopic (exact) mass is 882 g/mol. The number of halogens is 1. The van der Waals surface area contributed by atoms with Gasteiger partial charge in [-0.25, -0.2) is 23.2 Å². The highest BCUT2D eigenvalue weighted by Crippen LogP contribution is 2.49. The molecule has 7 rings (SSSR count). The van der Waals surface area contributed by atoms with E-state index in [1.54, 1.807) is 59.3 Å². The van der Waals surface area contributed by atoms with Crippen LogP contribution in [0.2, 0.25) is 5.02 Å². The van der Waals surface area contributed by atoms with E-state index >= 15 is 0 Å². The normalized spacial score (nSPS) is 22.3. The number of pyridine rings is 1. The minimum atomic E-state index is -4.29. The number of hydrogen-bond acceptors (Lipinski definition) is 12. The maximum absolute atomic E-state index is 14.2. The Balaban J connectivity index is 1.06. The van der Waals surface area contributed by atoms with Crippen LogP contribution < -0.4 is 10.0 Å². The van der Waals surface area contributed by atoms with Crippen LogP contribution in [0.3, 0.4) is 0 Å². The largest absolute Gasteiger partial charge is 0.456 e. The molecule has 2 fully saturated rings. The number of esters is 1. The van der Waals surface area contributed by atoms with Gasteiger partial charge in [0.1, 0.15) is 18.5 Å². The molecule has 2 heterocycles. The fourth-order valence-corrected chi connectivity index (χ4v) is 8.79. The number of amides is 2. The molecule has 2 amide bonds. The van der Waals surface area contributed by atoms with Gasteiger partial charge in [0.2, 0.25) is 10.0 Å². The van der Waals surface area contributed by atoms with E-state index in [1.165, 1.54) is 36.7 Å². The zero-order valence-electron chi connectivity index (χ0n) is 33.2. The molecule has 62 heavy (non-hydrogen) atoms.